The fraction of sp³-hybridized carbons (Fsp3) is 0.333. The molecule has 1 aromatic rings. The second kappa shape index (κ2) is 5.80. The molecule has 1 aromatic carbocycles. The second-order valence-corrected chi connectivity index (χ2v) is 2.64. The Kier molecular flexibility index (Phi) is 4.60. The maximum atomic E-state index is 10.0. The van der Waals surface area contributed by atoms with Crippen molar-refractivity contribution in [2.24, 2.45) is 0 Å². The molecule has 0 saturated carbocycles. The Morgan fingerprint density at radius 2 is 2.00 bits per heavy atom. The van der Waals surface area contributed by atoms with Gasteiger partial charge in [0.05, 0.1) is 6.61 Å². The average Bonchev–Trinajstić information content (AvgIpc) is 2.16. The number of halogens is 1. The van der Waals surface area contributed by atoms with Crippen molar-refractivity contribution in [1.82, 2.24) is 0 Å². The normalized spacial score (nSPS) is 12.5. The Labute approximate surface area is 81.9 Å². The molecule has 0 amide bonds. The van der Waals surface area contributed by atoms with Gasteiger partial charge in [-0.3, -0.25) is 0 Å². The summed E-state index contributed by atoms with van der Waals surface area (Å²) in [6.45, 7) is -0.262. The summed E-state index contributed by atoms with van der Waals surface area (Å²) in [5.74, 6) is -0.273. The van der Waals surface area contributed by atoms with Gasteiger partial charge in [-0.15, -0.1) is 0 Å². The topological polar surface area (TPSA) is 38.4 Å². The van der Waals surface area contributed by atoms with Gasteiger partial charge < -0.3 is 9.47 Å². The first-order valence-electron chi connectivity index (χ1n) is 3.88. The van der Waals surface area contributed by atoms with Crippen LogP contribution in [0.15, 0.2) is 30.3 Å². The van der Waals surface area contributed by atoms with Crippen LogP contribution in [0.25, 0.3) is 0 Å². The van der Waals surface area contributed by atoms with Crippen molar-refractivity contribution in [3.05, 3.63) is 30.3 Å². The second-order valence-electron chi connectivity index (χ2n) is 2.28. The molecule has 0 saturated heterocycles. The summed E-state index contributed by atoms with van der Waals surface area (Å²) in [4.78, 5) is 0. The fourth-order valence-electron chi connectivity index (χ4n) is 0.781. The molecule has 0 aliphatic heterocycles. The van der Waals surface area contributed by atoms with Gasteiger partial charge >= 0.3 is 0 Å². The van der Waals surface area contributed by atoms with Crippen molar-refractivity contribution >= 4 is 11.6 Å². The van der Waals surface area contributed by atoms with Crippen molar-refractivity contribution < 1.29 is 14.6 Å². The van der Waals surface area contributed by atoms with E-state index in [0.717, 1.165) is 0 Å². The summed E-state index contributed by atoms with van der Waals surface area (Å²) in [6.07, 6.45) is 0. The highest BCUT2D eigenvalue weighted by molar-refractivity contribution is 6.18. The van der Waals surface area contributed by atoms with Gasteiger partial charge in [-0.25, -0.2) is 5.11 Å². The van der Waals surface area contributed by atoms with Crippen LogP contribution in [0.2, 0.25) is 0 Å². The van der Waals surface area contributed by atoms with Crippen LogP contribution in [-0.2, 0) is 9.84 Å². The Morgan fingerprint density at radius 1 is 1.31 bits per heavy atom. The van der Waals surface area contributed by atoms with Crippen LogP contribution in [0.4, 0.5) is 0 Å². The number of rotatable bonds is 5. The molecule has 0 fully saturated rings. The smallest absolute Gasteiger partial charge is 0.279 e. The largest absolute Gasteiger partial charge is 0.451 e. The maximum absolute atomic E-state index is 10.0. The molecule has 0 spiro atoms. The Hall–Kier alpha value is -0.770. The maximum Gasteiger partial charge on any atom is 0.279 e. The fourth-order valence-corrected chi connectivity index (χ4v) is 0.973. The SMILES string of the molecule is [O]CCOC(Cl)Oc1ccccc1. The Balaban J connectivity index is 2.32. The minimum atomic E-state index is -0.892. The third kappa shape index (κ3) is 4.12. The zero-order chi connectivity index (χ0) is 9.52. The van der Waals surface area contributed by atoms with Crippen LogP contribution in [-0.4, -0.2) is 19.0 Å². The summed E-state index contributed by atoms with van der Waals surface area (Å²) in [6, 6.07) is 9.04. The van der Waals surface area contributed by atoms with Crippen molar-refractivity contribution in [2.45, 2.75) is 5.75 Å². The van der Waals surface area contributed by atoms with Gasteiger partial charge in [-0.05, 0) is 23.7 Å². The molecule has 13 heavy (non-hydrogen) atoms. The minimum Gasteiger partial charge on any atom is -0.451 e. The number of ether oxygens (including phenoxy) is 2. The standard InChI is InChI=1S/C9H10ClO3/c10-9(12-7-6-11)13-8-4-2-1-3-5-8/h1-5,9H,6-7H2. The first kappa shape index (κ1) is 10.3. The number of hydrogen-bond acceptors (Lipinski definition) is 2. The van der Waals surface area contributed by atoms with E-state index in [9.17, 15) is 5.11 Å². The van der Waals surface area contributed by atoms with Crippen LogP contribution < -0.4 is 4.74 Å². The van der Waals surface area contributed by atoms with E-state index in [1.54, 1.807) is 12.1 Å². The Morgan fingerprint density at radius 3 is 2.62 bits per heavy atom. The number of para-hydroxylation sites is 1. The monoisotopic (exact) mass is 201 g/mol. The van der Waals surface area contributed by atoms with E-state index in [1.807, 2.05) is 18.2 Å². The Bertz CT molecular complexity index is 228. The predicted molar refractivity (Wildman–Crippen MR) is 48.2 cm³/mol. The molecule has 1 rings (SSSR count). The van der Waals surface area contributed by atoms with Crippen molar-refractivity contribution in [3.63, 3.8) is 0 Å². The van der Waals surface area contributed by atoms with Crippen LogP contribution in [0, 0.1) is 0 Å². The van der Waals surface area contributed by atoms with Gasteiger partial charge in [0.1, 0.15) is 12.4 Å². The highest BCUT2D eigenvalue weighted by atomic mass is 35.5. The van der Waals surface area contributed by atoms with Gasteiger partial charge in [0.15, 0.2) is 0 Å². The van der Waals surface area contributed by atoms with E-state index in [-0.39, 0.29) is 13.2 Å². The van der Waals surface area contributed by atoms with Crippen LogP contribution in [0.1, 0.15) is 0 Å². The highest BCUT2D eigenvalue weighted by Gasteiger charge is 2.04. The summed E-state index contributed by atoms with van der Waals surface area (Å²) in [7, 11) is 0. The van der Waals surface area contributed by atoms with Gasteiger partial charge in [0.25, 0.3) is 5.75 Å². The number of hydrogen-bond donors (Lipinski definition) is 0. The molecule has 0 heterocycles. The predicted octanol–water partition coefficient (Wildman–Crippen LogP) is 2.03. The summed E-state index contributed by atoms with van der Waals surface area (Å²) >= 11 is 5.61. The van der Waals surface area contributed by atoms with Gasteiger partial charge in [-0.1, -0.05) is 18.2 Å². The van der Waals surface area contributed by atoms with E-state index >= 15 is 0 Å². The van der Waals surface area contributed by atoms with Gasteiger partial charge in [0, 0.05) is 0 Å². The lowest BCUT2D eigenvalue weighted by molar-refractivity contribution is -0.0422. The van der Waals surface area contributed by atoms with Crippen molar-refractivity contribution in [3.8, 4) is 5.75 Å². The molecule has 0 aliphatic rings. The number of benzene rings is 1. The lowest BCUT2D eigenvalue weighted by Crippen LogP contribution is -2.15. The quantitative estimate of drug-likeness (QED) is 0.540. The molecule has 0 aromatic heterocycles. The van der Waals surface area contributed by atoms with E-state index in [0.29, 0.717) is 5.75 Å². The zero-order valence-corrected chi connectivity index (χ0v) is 7.74. The molecule has 4 heteroatoms. The van der Waals surface area contributed by atoms with Gasteiger partial charge in [0.2, 0.25) is 0 Å². The first-order chi connectivity index (χ1) is 6.33. The molecule has 1 atom stereocenters. The third-order valence-electron chi connectivity index (χ3n) is 1.30. The van der Waals surface area contributed by atoms with Crippen LogP contribution >= 0.6 is 11.6 Å². The molecular formula is C9H10ClO3. The average molecular weight is 202 g/mol. The molecule has 0 N–H and O–H groups in total. The van der Waals surface area contributed by atoms with E-state index < -0.39 is 5.75 Å². The van der Waals surface area contributed by atoms with Crippen LogP contribution in [0.3, 0.4) is 0 Å². The molecule has 71 valence electrons. The van der Waals surface area contributed by atoms with Crippen molar-refractivity contribution in [2.75, 3.05) is 13.2 Å². The summed E-state index contributed by atoms with van der Waals surface area (Å²) in [5.41, 5.74) is 0. The molecule has 0 bridgehead atoms. The highest BCUT2D eigenvalue weighted by Crippen LogP contribution is 2.12. The van der Waals surface area contributed by atoms with E-state index in [2.05, 4.69) is 0 Å². The summed E-state index contributed by atoms with van der Waals surface area (Å²) < 4.78 is 9.95. The minimum absolute atomic E-state index is 0.0565. The zero-order valence-electron chi connectivity index (χ0n) is 6.98. The molecule has 0 aliphatic carbocycles. The molecule has 3 nitrogen and oxygen atoms in total. The lowest BCUT2D eigenvalue weighted by atomic mass is 10.3. The van der Waals surface area contributed by atoms with Crippen molar-refractivity contribution in [1.29, 1.82) is 0 Å². The third-order valence-corrected chi connectivity index (χ3v) is 1.52. The number of alkyl halides is 1. The van der Waals surface area contributed by atoms with E-state index in [4.69, 9.17) is 21.1 Å². The van der Waals surface area contributed by atoms with Crippen LogP contribution in [0.5, 0.6) is 5.75 Å². The molecular weight excluding hydrogens is 192 g/mol. The molecule has 1 radical (unpaired) electrons. The summed E-state index contributed by atoms with van der Waals surface area (Å²) in [5, 5.41) is 10.0. The van der Waals surface area contributed by atoms with E-state index in [1.165, 1.54) is 0 Å². The molecule has 1 unspecified atom stereocenters. The first-order valence-corrected chi connectivity index (χ1v) is 4.32. The lowest BCUT2D eigenvalue weighted by Gasteiger charge is -2.11. The van der Waals surface area contributed by atoms with Gasteiger partial charge in [-0.2, -0.15) is 0 Å².